The van der Waals surface area contributed by atoms with Crippen molar-refractivity contribution < 1.29 is 19.2 Å². The summed E-state index contributed by atoms with van der Waals surface area (Å²) >= 11 is 0. The number of hydrogen-bond donors (Lipinski definition) is 1. The lowest BCUT2D eigenvalue weighted by atomic mass is 9.99. The Morgan fingerprint density at radius 3 is 2.50 bits per heavy atom. The molecule has 0 spiro atoms. The average molecular weight is 358 g/mol. The Bertz CT molecular complexity index is 774. The Kier molecular flexibility index (Phi) is 6.54. The van der Waals surface area contributed by atoms with Crippen molar-refractivity contribution in [2.45, 2.75) is 26.2 Å². The summed E-state index contributed by atoms with van der Waals surface area (Å²) in [6.45, 7) is 4.11. The Morgan fingerprint density at radius 2 is 1.92 bits per heavy atom. The van der Waals surface area contributed by atoms with Crippen LogP contribution in [0.25, 0.3) is 0 Å². The number of methoxy groups -OCH3 is 1. The maximum Gasteiger partial charge on any atom is 0.273 e. The van der Waals surface area contributed by atoms with E-state index >= 15 is 0 Å². The zero-order valence-electron chi connectivity index (χ0n) is 15.0. The average Bonchev–Trinajstić information content (AvgIpc) is 2.66. The minimum atomic E-state index is -0.527. The smallest absolute Gasteiger partial charge is 0.273 e. The fraction of sp³-hybridized carbons (Fsp3) is 0.316. The number of anilines is 1. The monoisotopic (exact) mass is 358 g/mol. The van der Waals surface area contributed by atoms with E-state index in [1.807, 2.05) is 24.3 Å². The fourth-order valence-corrected chi connectivity index (χ4v) is 2.36. The van der Waals surface area contributed by atoms with E-state index in [0.717, 1.165) is 6.42 Å². The zero-order chi connectivity index (χ0) is 19.1. The van der Waals surface area contributed by atoms with Gasteiger partial charge in [-0.3, -0.25) is 14.9 Å². The van der Waals surface area contributed by atoms with Crippen molar-refractivity contribution in [3.63, 3.8) is 0 Å². The third kappa shape index (κ3) is 4.95. The molecule has 2 aromatic carbocycles. The molecular formula is C19H22N2O5. The van der Waals surface area contributed by atoms with Gasteiger partial charge in [0.15, 0.2) is 6.61 Å². The molecular weight excluding hydrogens is 336 g/mol. The number of rotatable bonds is 8. The lowest BCUT2D eigenvalue weighted by molar-refractivity contribution is -0.384. The van der Waals surface area contributed by atoms with Gasteiger partial charge >= 0.3 is 0 Å². The first-order valence-electron chi connectivity index (χ1n) is 8.29. The summed E-state index contributed by atoms with van der Waals surface area (Å²) in [5, 5.41) is 13.4. The number of nitrogens with zero attached hydrogens (tertiary/aromatic N) is 1. The number of non-ortho nitro benzene ring substituents is 1. The summed E-state index contributed by atoms with van der Waals surface area (Å²) in [7, 11) is 1.38. The number of benzene rings is 2. The Morgan fingerprint density at radius 1 is 1.23 bits per heavy atom. The van der Waals surface area contributed by atoms with Crippen LogP contribution in [0, 0.1) is 10.1 Å². The van der Waals surface area contributed by atoms with Crippen molar-refractivity contribution in [2.24, 2.45) is 0 Å². The maximum absolute atomic E-state index is 12.1. The van der Waals surface area contributed by atoms with Gasteiger partial charge in [0.05, 0.1) is 23.8 Å². The number of hydrogen-bond acceptors (Lipinski definition) is 5. The molecule has 2 rings (SSSR count). The molecule has 0 aliphatic carbocycles. The van der Waals surface area contributed by atoms with Gasteiger partial charge in [0, 0.05) is 6.07 Å². The van der Waals surface area contributed by atoms with Crippen molar-refractivity contribution in [2.75, 3.05) is 19.0 Å². The van der Waals surface area contributed by atoms with Crippen molar-refractivity contribution >= 4 is 17.3 Å². The predicted molar refractivity (Wildman–Crippen MR) is 98.9 cm³/mol. The molecule has 7 heteroatoms. The number of amides is 1. The van der Waals surface area contributed by atoms with Crippen LogP contribution in [0.2, 0.25) is 0 Å². The normalized spacial score (nSPS) is 11.5. The number of carbonyl (C=O) groups is 1. The summed E-state index contributed by atoms with van der Waals surface area (Å²) in [5.74, 6) is 0.901. The van der Waals surface area contributed by atoms with Gasteiger partial charge in [0.25, 0.3) is 11.6 Å². The van der Waals surface area contributed by atoms with E-state index in [1.54, 1.807) is 0 Å². The molecule has 26 heavy (non-hydrogen) atoms. The van der Waals surface area contributed by atoms with Crippen molar-refractivity contribution in [3.8, 4) is 11.5 Å². The number of nitrogens with one attached hydrogen (secondary N) is 1. The largest absolute Gasteiger partial charge is 0.494 e. The quantitative estimate of drug-likeness (QED) is 0.566. The molecule has 0 radical (unpaired) electrons. The van der Waals surface area contributed by atoms with Gasteiger partial charge in [-0.05, 0) is 36.1 Å². The van der Waals surface area contributed by atoms with Crippen molar-refractivity contribution in [1.29, 1.82) is 0 Å². The SMILES string of the molecule is CC[C@@H](C)c1ccc(OCC(=O)Nc2ccc([N+](=O)[O-])cc2OC)cc1. The predicted octanol–water partition coefficient (Wildman–Crippen LogP) is 4.13. The van der Waals surface area contributed by atoms with Crippen LogP contribution in [0.15, 0.2) is 42.5 Å². The van der Waals surface area contributed by atoms with Crippen LogP contribution in [-0.2, 0) is 4.79 Å². The number of nitro groups is 1. The fourth-order valence-electron chi connectivity index (χ4n) is 2.36. The summed E-state index contributed by atoms with van der Waals surface area (Å²) in [5.41, 5.74) is 1.45. The first kappa shape index (κ1) is 19.2. The van der Waals surface area contributed by atoms with E-state index in [4.69, 9.17) is 9.47 Å². The number of carbonyl (C=O) groups excluding carboxylic acids is 1. The van der Waals surface area contributed by atoms with E-state index in [2.05, 4.69) is 19.2 Å². The Labute approximate surface area is 152 Å². The van der Waals surface area contributed by atoms with Crippen LogP contribution in [0.4, 0.5) is 11.4 Å². The van der Waals surface area contributed by atoms with E-state index in [-0.39, 0.29) is 24.0 Å². The minimum absolute atomic E-state index is 0.113. The molecule has 1 amide bonds. The topological polar surface area (TPSA) is 90.7 Å². The molecule has 1 atom stereocenters. The highest BCUT2D eigenvalue weighted by atomic mass is 16.6. The lowest BCUT2D eigenvalue weighted by Gasteiger charge is -2.12. The first-order chi connectivity index (χ1) is 12.4. The van der Waals surface area contributed by atoms with Crippen LogP contribution in [0.5, 0.6) is 11.5 Å². The molecule has 2 aromatic rings. The molecule has 0 aliphatic heterocycles. The highest BCUT2D eigenvalue weighted by Gasteiger charge is 2.13. The molecule has 0 heterocycles. The summed E-state index contributed by atoms with van der Waals surface area (Å²) in [6.07, 6.45) is 1.06. The van der Waals surface area contributed by atoms with E-state index in [0.29, 0.717) is 17.4 Å². The molecule has 7 nitrogen and oxygen atoms in total. The Hall–Kier alpha value is -3.09. The summed E-state index contributed by atoms with van der Waals surface area (Å²) in [4.78, 5) is 22.3. The molecule has 1 N–H and O–H groups in total. The van der Waals surface area contributed by atoms with Crippen LogP contribution in [0.1, 0.15) is 31.7 Å². The third-order valence-corrected chi connectivity index (χ3v) is 4.10. The van der Waals surface area contributed by atoms with Gasteiger partial charge in [-0.1, -0.05) is 26.0 Å². The molecule has 0 fully saturated rings. The second-order valence-electron chi connectivity index (χ2n) is 5.86. The van der Waals surface area contributed by atoms with E-state index < -0.39 is 4.92 Å². The molecule has 0 bridgehead atoms. The molecule has 0 aromatic heterocycles. The van der Waals surface area contributed by atoms with Gasteiger partial charge in [0.1, 0.15) is 11.5 Å². The van der Waals surface area contributed by atoms with Crippen LogP contribution in [-0.4, -0.2) is 24.5 Å². The highest BCUT2D eigenvalue weighted by molar-refractivity contribution is 5.93. The van der Waals surface area contributed by atoms with Crippen LogP contribution >= 0.6 is 0 Å². The zero-order valence-corrected chi connectivity index (χ0v) is 15.0. The van der Waals surface area contributed by atoms with Gasteiger partial charge in [0.2, 0.25) is 0 Å². The van der Waals surface area contributed by atoms with Crippen molar-refractivity contribution in [1.82, 2.24) is 0 Å². The molecule has 0 aliphatic rings. The van der Waals surface area contributed by atoms with E-state index in [9.17, 15) is 14.9 Å². The van der Waals surface area contributed by atoms with E-state index in [1.165, 1.54) is 30.9 Å². The van der Waals surface area contributed by atoms with Crippen molar-refractivity contribution in [3.05, 3.63) is 58.1 Å². The lowest BCUT2D eigenvalue weighted by Crippen LogP contribution is -2.20. The van der Waals surface area contributed by atoms with Crippen LogP contribution in [0.3, 0.4) is 0 Å². The molecule has 0 saturated heterocycles. The van der Waals surface area contributed by atoms with Gasteiger partial charge in [-0.15, -0.1) is 0 Å². The second-order valence-corrected chi connectivity index (χ2v) is 5.86. The first-order valence-corrected chi connectivity index (χ1v) is 8.29. The molecule has 138 valence electrons. The van der Waals surface area contributed by atoms with Gasteiger partial charge in [-0.2, -0.15) is 0 Å². The molecule has 0 saturated carbocycles. The highest BCUT2D eigenvalue weighted by Crippen LogP contribution is 2.29. The van der Waals surface area contributed by atoms with Crippen LogP contribution < -0.4 is 14.8 Å². The standard InChI is InChI=1S/C19H22N2O5/c1-4-13(2)14-5-8-16(9-6-14)26-12-19(22)20-17-10-7-15(21(23)24)11-18(17)25-3/h5-11,13H,4,12H2,1-3H3,(H,20,22)/t13-/m1/s1. The third-order valence-electron chi connectivity index (χ3n) is 4.10. The maximum atomic E-state index is 12.1. The number of ether oxygens (including phenoxy) is 2. The Balaban J connectivity index is 1.95. The van der Waals surface area contributed by atoms with Gasteiger partial charge < -0.3 is 14.8 Å². The summed E-state index contributed by atoms with van der Waals surface area (Å²) in [6, 6.07) is 11.6. The number of nitro benzene ring substituents is 1. The minimum Gasteiger partial charge on any atom is -0.494 e. The van der Waals surface area contributed by atoms with Gasteiger partial charge in [-0.25, -0.2) is 0 Å². The second kappa shape index (κ2) is 8.84. The molecule has 0 unspecified atom stereocenters. The summed E-state index contributed by atoms with van der Waals surface area (Å²) < 4.78 is 10.6.